The van der Waals surface area contributed by atoms with Crippen LogP contribution in [-0.4, -0.2) is 11.6 Å². The lowest BCUT2D eigenvalue weighted by Crippen LogP contribution is -2.22. The number of carbonyl (C=O) groups is 1. The summed E-state index contributed by atoms with van der Waals surface area (Å²) in [6, 6.07) is 31.6. The lowest BCUT2D eigenvalue weighted by atomic mass is 9.95. The number of esters is 1. The summed E-state index contributed by atoms with van der Waals surface area (Å²) < 4.78 is 5.47. The van der Waals surface area contributed by atoms with Crippen molar-refractivity contribution < 1.29 is 9.53 Å². The van der Waals surface area contributed by atoms with E-state index in [0.717, 1.165) is 23.2 Å². The maximum Gasteiger partial charge on any atom is 0.331 e. The Morgan fingerprint density at radius 3 is 2.38 bits per heavy atom. The predicted molar refractivity (Wildman–Crippen MR) is 141 cm³/mol. The first-order chi connectivity index (χ1) is 16.4. The Labute approximate surface area is 202 Å². The number of ether oxygens (including phenoxy) is 1. The number of hydrogen-bond donors (Lipinski definition) is 1. The summed E-state index contributed by atoms with van der Waals surface area (Å²) in [4.78, 5) is 12.3. The van der Waals surface area contributed by atoms with E-state index in [0.29, 0.717) is 6.54 Å². The normalized spacial score (nSPS) is 11.7. The van der Waals surface area contributed by atoms with E-state index >= 15 is 0 Å². The van der Waals surface area contributed by atoms with Crippen molar-refractivity contribution in [2.45, 2.75) is 39.5 Å². The molecule has 0 aliphatic heterocycles. The zero-order valence-electron chi connectivity index (χ0n) is 20.0. The van der Waals surface area contributed by atoms with Gasteiger partial charge in [-0.05, 0) is 71.5 Å². The number of rotatable bonds is 7. The standard InChI is InChI=1S/C31H31NO2/c1-31(2,3)34-30(33)19-18-25-20-26(29-15-9-13-24-12-7-8-14-28(24)29)16-17-27(25)22-32-21-23-10-5-4-6-11-23/h4-20,32H,21-22H2,1-3H3. The van der Waals surface area contributed by atoms with Crippen LogP contribution >= 0.6 is 0 Å². The van der Waals surface area contributed by atoms with Crippen LogP contribution in [0.1, 0.15) is 37.5 Å². The maximum atomic E-state index is 12.3. The molecule has 4 aromatic carbocycles. The van der Waals surface area contributed by atoms with Crippen LogP contribution in [0.25, 0.3) is 28.0 Å². The fraction of sp³-hybridized carbons (Fsp3) is 0.194. The van der Waals surface area contributed by atoms with Gasteiger partial charge in [0.05, 0.1) is 0 Å². The van der Waals surface area contributed by atoms with Crippen LogP contribution in [0.2, 0.25) is 0 Å². The fourth-order valence-electron chi connectivity index (χ4n) is 3.99. The first-order valence-electron chi connectivity index (χ1n) is 11.7. The maximum absolute atomic E-state index is 12.3. The molecule has 0 fully saturated rings. The van der Waals surface area contributed by atoms with Crippen molar-refractivity contribution in [3.8, 4) is 11.1 Å². The molecule has 0 amide bonds. The zero-order chi connectivity index (χ0) is 24.0. The third kappa shape index (κ3) is 6.21. The highest BCUT2D eigenvalue weighted by Crippen LogP contribution is 2.30. The van der Waals surface area contributed by atoms with Crippen LogP contribution in [0.3, 0.4) is 0 Å². The van der Waals surface area contributed by atoms with E-state index < -0.39 is 5.60 Å². The van der Waals surface area contributed by atoms with Gasteiger partial charge in [-0.25, -0.2) is 4.79 Å². The summed E-state index contributed by atoms with van der Waals surface area (Å²) in [6.45, 7) is 7.09. The van der Waals surface area contributed by atoms with E-state index in [2.05, 4.69) is 78.1 Å². The number of nitrogens with one attached hydrogen (secondary N) is 1. The lowest BCUT2D eigenvalue weighted by Gasteiger charge is -2.18. The summed E-state index contributed by atoms with van der Waals surface area (Å²) in [7, 11) is 0. The largest absolute Gasteiger partial charge is 0.457 e. The molecule has 0 bridgehead atoms. The number of carbonyl (C=O) groups excluding carboxylic acids is 1. The van der Waals surface area contributed by atoms with Crippen LogP contribution in [0.5, 0.6) is 0 Å². The molecule has 3 nitrogen and oxygen atoms in total. The Kier molecular flexibility index (Phi) is 7.24. The van der Waals surface area contributed by atoms with Gasteiger partial charge in [0.15, 0.2) is 0 Å². The molecule has 0 aliphatic carbocycles. The minimum Gasteiger partial charge on any atom is -0.457 e. The molecule has 0 unspecified atom stereocenters. The molecular formula is C31H31NO2. The lowest BCUT2D eigenvalue weighted by molar-refractivity contribution is -0.148. The highest BCUT2D eigenvalue weighted by molar-refractivity contribution is 5.97. The van der Waals surface area contributed by atoms with Gasteiger partial charge >= 0.3 is 5.97 Å². The minimum absolute atomic E-state index is 0.341. The van der Waals surface area contributed by atoms with Crippen molar-refractivity contribution >= 4 is 22.8 Å². The summed E-state index contributed by atoms with van der Waals surface area (Å²) in [5, 5.41) is 5.94. The van der Waals surface area contributed by atoms with Gasteiger partial charge in [0.1, 0.15) is 5.60 Å². The fourth-order valence-corrected chi connectivity index (χ4v) is 3.99. The molecule has 0 spiro atoms. The molecular weight excluding hydrogens is 418 g/mol. The molecule has 3 heteroatoms. The van der Waals surface area contributed by atoms with Crippen molar-refractivity contribution in [2.24, 2.45) is 0 Å². The van der Waals surface area contributed by atoms with Gasteiger partial charge in [0, 0.05) is 19.2 Å². The Hall–Kier alpha value is -3.69. The summed E-state index contributed by atoms with van der Waals surface area (Å²) in [6.07, 6.45) is 3.39. The highest BCUT2D eigenvalue weighted by atomic mass is 16.6. The third-order valence-corrected chi connectivity index (χ3v) is 5.54. The Morgan fingerprint density at radius 1 is 0.853 bits per heavy atom. The van der Waals surface area contributed by atoms with Crippen LogP contribution in [0.15, 0.2) is 97.1 Å². The molecule has 34 heavy (non-hydrogen) atoms. The summed E-state index contributed by atoms with van der Waals surface area (Å²) in [5.41, 5.74) is 5.13. The molecule has 0 radical (unpaired) electrons. The van der Waals surface area contributed by atoms with Gasteiger partial charge in [0.25, 0.3) is 0 Å². The number of hydrogen-bond acceptors (Lipinski definition) is 3. The molecule has 172 valence electrons. The number of fused-ring (bicyclic) bond motifs is 1. The van der Waals surface area contributed by atoms with Gasteiger partial charge in [-0.1, -0.05) is 84.9 Å². The topological polar surface area (TPSA) is 38.3 Å². The monoisotopic (exact) mass is 449 g/mol. The minimum atomic E-state index is -0.522. The molecule has 4 rings (SSSR count). The molecule has 0 saturated carbocycles. The van der Waals surface area contributed by atoms with Crippen LogP contribution < -0.4 is 5.32 Å². The number of benzene rings is 4. The second kappa shape index (κ2) is 10.5. The van der Waals surface area contributed by atoms with Gasteiger partial charge in [-0.15, -0.1) is 0 Å². The zero-order valence-corrected chi connectivity index (χ0v) is 20.0. The quantitative estimate of drug-likeness (QED) is 0.240. The molecule has 0 aromatic heterocycles. The van der Waals surface area contributed by atoms with Crippen molar-refractivity contribution in [3.63, 3.8) is 0 Å². The van der Waals surface area contributed by atoms with Crippen LogP contribution in [-0.2, 0) is 22.6 Å². The van der Waals surface area contributed by atoms with Crippen LogP contribution in [0.4, 0.5) is 0 Å². The molecule has 1 N–H and O–H groups in total. The van der Waals surface area contributed by atoms with E-state index in [-0.39, 0.29) is 5.97 Å². The molecule has 0 atom stereocenters. The van der Waals surface area contributed by atoms with Crippen molar-refractivity contribution in [1.82, 2.24) is 5.32 Å². The van der Waals surface area contributed by atoms with Gasteiger partial charge in [-0.3, -0.25) is 0 Å². The molecule has 0 saturated heterocycles. The summed E-state index contributed by atoms with van der Waals surface area (Å²) in [5.74, 6) is -0.341. The van der Waals surface area contributed by atoms with E-state index in [1.807, 2.05) is 45.0 Å². The van der Waals surface area contributed by atoms with E-state index in [9.17, 15) is 4.79 Å². The van der Waals surface area contributed by atoms with Crippen LogP contribution in [0, 0.1) is 0 Å². The Morgan fingerprint density at radius 2 is 1.59 bits per heavy atom. The first-order valence-corrected chi connectivity index (χ1v) is 11.7. The first kappa shape index (κ1) is 23.5. The Balaban J connectivity index is 1.64. The average Bonchev–Trinajstić information content (AvgIpc) is 2.82. The second-order valence-electron chi connectivity index (χ2n) is 9.40. The van der Waals surface area contributed by atoms with E-state index in [1.165, 1.54) is 28.0 Å². The average molecular weight is 450 g/mol. The van der Waals surface area contributed by atoms with E-state index in [4.69, 9.17) is 4.74 Å². The van der Waals surface area contributed by atoms with Gasteiger partial charge < -0.3 is 10.1 Å². The van der Waals surface area contributed by atoms with E-state index in [1.54, 1.807) is 0 Å². The van der Waals surface area contributed by atoms with Crippen molar-refractivity contribution in [1.29, 1.82) is 0 Å². The van der Waals surface area contributed by atoms with Crippen molar-refractivity contribution in [3.05, 3.63) is 114 Å². The second-order valence-corrected chi connectivity index (χ2v) is 9.40. The summed E-state index contributed by atoms with van der Waals surface area (Å²) >= 11 is 0. The molecule has 0 aliphatic rings. The van der Waals surface area contributed by atoms with Gasteiger partial charge in [-0.2, -0.15) is 0 Å². The highest BCUT2D eigenvalue weighted by Gasteiger charge is 2.14. The Bertz CT molecular complexity index is 1290. The predicted octanol–water partition coefficient (Wildman–Crippen LogP) is 7.15. The SMILES string of the molecule is CC(C)(C)OC(=O)C=Cc1cc(-c2cccc3ccccc23)ccc1CNCc1ccccc1. The smallest absolute Gasteiger partial charge is 0.331 e. The van der Waals surface area contributed by atoms with Gasteiger partial charge in [0.2, 0.25) is 0 Å². The molecule has 4 aromatic rings. The van der Waals surface area contributed by atoms with Crippen molar-refractivity contribution in [2.75, 3.05) is 0 Å². The molecule has 0 heterocycles. The third-order valence-electron chi connectivity index (χ3n) is 5.54.